The minimum absolute atomic E-state index is 0.112. The fourth-order valence-corrected chi connectivity index (χ4v) is 2.36. The molecule has 3 amide bonds. The third-order valence-corrected chi connectivity index (χ3v) is 3.12. The lowest BCUT2D eigenvalue weighted by molar-refractivity contribution is -0.118. The Bertz CT molecular complexity index is 485. The van der Waals surface area contributed by atoms with Gasteiger partial charge in [0, 0.05) is 23.0 Å². The van der Waals surface area contributed by atoms with Gasteiger partial charge in [0.2, 0.25) is 5.91 Å². The highest BCUT2D eigenvalue weighted by atomic mass is 35.5. The largest absolute Gasteiger partial charge is 0.337 e. The number of hydrogen-bond acceptors (Lipinski definition) is 2. The summed E-state index contributed by atoms with van der Waals surface area (Å²) in [5.41, 5.74) is 0.393. The Morgan fingerprint density at radius 3 is 2.44 bits per heavy atom. The lowest BCUT2D eigenvalue weighted by Crippen LogP contribution is -2.41. The number of anilines is 1. The lowest BCUT2D eigenvalue weighted by Gasteiger charge is -2.19. The van der Waals surface area contributed by atoms with Crippen LogP contribution in [0.4, 0.5) is 10.5 Å². The van der Waals surface area contributed by atoms with Crippen LogP contribution in [0.25, 0.3) is 0 Å². The summed E-state index contributed by atoms with van der Waals surface area (Å²) in [6.07, 6.45) is 0.308. The minimum Gasteiger partial charge on any atom is -0.337 e. The van der Waals surface area contributed by atoms with Crippen molar-refractivity contribution in [2.24, 2.45) is 5.92 Å². The fourth-order valence-electron chi connectivity index (χ4n) is 1.85. The van der Waals surface area contributed by atoms with Crippen molar-refractivity contribution in [1.82, 2.24) is 5.32 Å². The van der Waals surface area contributed by atoms with Gasteiger partial charge in [0.05, 0.1) is 5.69 Å². The van der Waals surface area contributed by atoms with E-state index in [4.69, 9.17) is 23.2 Å². The molecule has 1 aliphatic heterocycles. The molecular weight excluding hydrogens is 275 g/mol. The number of carbonyl (C=O) groups is 2. The van der Waals surface area contributed by atoms with E-state index in [-0.39, 0.29) is 11.8 Å². The third-order valence-electron chi connectivity index (χ3n) is 2.68. The topological polar surface area (TPSA) is 49.4 Å². The highest BCUT2D eigenvalue weighted by molar-refractivity contribution is 6.35. The van der Waals surface area contributed by atoms with Crippen LogP contribution in [0.3, 0.4) is 0 Å². The van der Waals surface area contributed by atoms with Crippen molar-refractivity contribution >= 4 is 40.8 Å². The Labute approximate surface area is 115 Å². The van der Waals surface area contributed by atoms with Crippen LogP contribution in [0.5, 0.6) is 0 Å². The smallest absolute Gasteiger partial charge is 0.328 e. The summed E-state index contributed by atoms with van der Waals surface area (Å²) < 4.78 is 0. The summed E-state index contributed by atoms with van der Waals surface area (Å²) in [6.45, 7) is 2.39. The van der Waals surface area contributed by atoms with Gasteiger partial charge in [-0.05, 0) is 24.1 Å². The zero-order valence-corrected chi connectivity index (χ0v) is 11.3. The van der Waals surface area contributed by atoms with E-state index in [1.807, 2.05) is 6.92 Å². The first kappa shape index (κ1) is 13.2. The second kappa shape index (κ2) is 5.16. The zero-order valence-electron chi connectivity index (χ0n) is 9.74. The van der Waals surface area contributed by atoms with Gasteiger partial charge in [-0.3, -0.25) is 4.79 Å². The van der Waals surface area contributed by atoms with Crippen molar-refractivity contribution in [2.45, 2.75) is 13.3 Å². The maximum atomic E-state index is 12.0. The van der Waals surface area contributed by atoms with Crippen molar-refractivity contribution in [2.75, 3.05) is 11.4 Å². The average Bonchev–Trinajstić information content (AvgIpc) is 2.36. The molecule has 1 unspecified atom stereocenters. The lowest BCUT2D eigenvalue weighted by atomic mass is 10.1. The number of rotatable bonds is 1. The number of carbonyl (C=O) groups excluding carboxylic acids is 2. The van der Waals surface area contributed by atoms with Gasteiger partial charge in [0.1, 0.15) is 0 Å². The molecule has 1 N–H and O–H groups in total. The molecule has 1 aliphatic rings. The van der Waals surface area contributed by atoms with Crippen molar-refractivity contribution in [3.63, 3.8) is 0 Å². The van der Waals surface area contributed by atoms with Gasteiger partial charge >= 0.3 is 6.03 Å². The Morgan fingerprint density at radius 1 is 1.22 bits per heavy atom. The summed E-state index contributed by atoms with van der Waals surface area (Å²) in [5.74, 6) is -0.142. The number of amides is 3. The summed E-state index contributed by atoms with van der Waals surface area (Å²) in [4.78, 5) is 25.0. The van der Waals surface area contributed by atoms with E-state index in [2.05, 4.69) is 5.32 Å². The number of urea groups is 1. The molecule has 1 fully saturated rings. The van der Waals surface area contributed by atoms with Gasteiger partial charge in [-0.25, -0.2) is 9.69 Å². The SMILES string of the molecule is CC1CNC(=O)N(c2cc(Cl)cc(Cl)c2)C(=O)C1. The predicted octanol–water partition coefficient (Wildman–Crippen LogP) is 3.08. The number of imide groups is 1. The summed E-state index contributed by atoms with van der Waals surface area (Å²) >= 11 is 11.8. The van der Waals surface area contributed by atoms with E-state index in [9.17, 15) is 9.59 Å². The van der Waals surface area contributed by atoms with Crippen LogP contribution in [0.15, 0.2) is 18.2 Å². The molecule has 0 aliphatic carbocycles. The number of nitrogens with zero attached hydrogens (tertiary/aromatic N) is 1. The number of benzene rings is 1. The first-order chi connectivity index (χ1) is 8.47. The molecule has 1 aromatic carbocycles. The van der Waals surface area contributed by atoms with Crippen LogP contribution < -0.4 is 10.2 Å². The second-order valence-corrected chi connectivity index (χ2v) is 5.23. The fraction of sp³-hybridized carbons (Fsp3) is 0.333. The van der Waals surface area contributed by atoms with Crippen molar-refractivity contribution < 1.29 is 9.59 Å². The second-order valence-electron chi connectivity index (χ2n) is 4.35. The van der Waals surface area contributed by atoms with Gasteiger partial charge in [0.25, 0.3) is 0 Å². The summed E-state index contributed by atoms with van der Waals surface area (Å²) in [6, 6.07) is 4.19. The quantitative estimate of drug-likeness (QED) is 0.863. The molecule has 6 heteroatoms. The molecule has 0 spiro atoms. The minimum atomic E-state index is -0.442. The molecule has 1 saturated heterocycles. The molecule has 0 radical (unpaired) electrons. The molecule has 0 saturated carbocycles. The standard InChI is InChI=1S/C12H12Cl2N2O2/c1-7-2-11(17)16(12(18)15-6-7)10-4-8(13)3-9(14)5-10/h3-5,7H,2,6H2,1H3,(H,15,18). The van der Waals surface area contributed by atoms with E-state index < -0.39 is 6.03 Å². The van der Waals surface area contributed by atoms with E-state index in [1.54, 1.807) is 18.2 Å². The highest BCUT2D eigenvalue weighted by Gasteiger charge is 2.28. The van der Waals surface area contributed by atoms with Crippen molar-refractivity contribution in [3.05, 3.63) is 28.2 Å². The summed E-state index contributed by atoms with van der Waals surface area (Å²) in [5, 5.41) is 3.46. The zero-order chi connectivity index (χ0) is 13.3. The molecule has 1 aromatic rings. The normalized spacial score (nSPS) is 20.6. The van der Waals surface area contributed by atoms with E-state index in [0.717, 1.165) is 4.90 Å². The molecule has 1 atom stereocenters. The Kier molecular flexibility index (Phi) is 3.78. The first-order valence-electron chi connectivity index (χ1n) is 5.54. The molecule has 18 heavy (non-hydrogen) atoms. The number of hydrogen-bond donors (Lipinski definition) is 1. The summed E-state index contributed by atoms with van der Waals surface area (Å²) in [7, 11) is 0. The monoisotopic (exact) mass is 286 g/mol. The number of nitrogens with one attached hydrogen (secondary N) is 1. The van der Waals surface area contributed by atoms with Gasteiger partial charge in [-0.1, -0.05) is 30.1 Å². The van der Waals surface area contributed by atoms with E-state index in [1.165, 1.54) is 0 Å². The maximum absolute atomic E-state index is 12.0. The number of halogens is 2. The van der Waals surface area contributed by atoms with Crippen molar-refractivity contribution in [1.29, 1.82) is 0 Å². The molecule has 0 bridgehead atoms. The van der Waals surface area contributed by atoms with E-state index in [0.29, 0.717) is 28.7 Å². The highest BCUT2D eigenvalue weighted by Crippen LogP contribution is 2.27. The van der Waals surface area contributed by atoms with E-state index >= 15 is 0 Å². The molecule has 2 rings (SSSR count). The van der Waals surface area contributed by atoms with Crippen LogP contribution >= 0.6 is 23.2 Å². The molecule has 4 nitrogen and oxygen atoms in total. The van der Waals surface area contributed by atoms with Crippen LogP contribution in [-0.2, 0) is 4.79 Å². The third kappa shape index (κ3) is 2.76. The molecular formula is C12H12Cl2N2O2. The predicted molar refractivity (Wildman–Crippen MR) is 71.1 cm³/mol. The molecule has 1 heterocycles. The van der Waals surface area contributed by atoms with Crippen molar-refractivity contribution in [3.8, 4) is 0 Å². The van der Waals surface area contributed by atoms with Gasteiger partial charge in [0.15, 0.2) is 0 Å². The van der Waals surface area contributed by atoms with Crippen LogP contribution in [0, 0.1) is 5.92 Å². The average molecular weight is 287 g/mol. The Balaban J connectivity index is 2.40. The van der Waals surface area contributed by atoms with Gasteiger partial charge in [-0.15, -0.1) is 0 Å². The maximum Gasteiger partial charge on any atom is 0.328 e. The van der Waals surface area contributed by atoms with Gasteiger partial charge < -0.3 is 5.32 Å². The Morgan fingerprint density at radius 2 is 1.83 bits per heavy atom. The molecule has 0 aromatic heterocycles. The van der Waals surface area contributed by atoms with Gasteiger partial charge in [-0.2, -0.15) is 0 Å². The Hall–Kier alpha value is -1.26. The van der Waals surface area contributed by atoms with Crippen LogP contribution in [-0.4, -0.2) is 18.5 Å². The first-order valence-corrected chi connectivity index (χ1v) is 6.30. The van der Waals surface area contributed by atoms with Crippen LogP contribution in [0.2, 0.25) is 10.0 Å². The molecule has 96 valence electrons. The van der Waals surface area contributed by atoms with Crippen LogP contribution in [0.1, 0.15) is 13.3 Å².